The van der Waals surface area contributed by atoms with Crippen molar-refractivity contribution in [2.45, 2.75) is 126 Å². The number of carbonyl (C=O) groups is 4. The lowest BCUT2D eigenvalue weighted by atomic mass is 9.60. The third-order valence-electron chi connectivity index (χ3n) is 8.34. The molecule has 0 heterocycles. The highest BCUT2D eigenvalue weighted by molar-refractivity contribution is 5.82. The Labute approximate surface area is 224 Å². The largest absolute Gasteiger partial charge is 0.442 e. The van der Waals surface area contributed by atoms with Gasteiger partial charge < -0.3 is 15.4 Å². The molecule has 0 aromatic rings. The van der Waals surface area contributed by atoms with Gasteiger partial charge >= 0.3 is 6.09 Å². The number of nitrogens with one attached hydrogen (secondary N) is 2. The minimum Gasteiger partial charge on any atom is -0.442 e. The molecule has 2 aliphatic carbocycles. The maximum absolute atomic E-state index is 12.8. The molecule has 2 rings (SSSR count). The van der Waals surface area contributed by atoms with E-state index in [4.69, 9.17) is 4.74 Å². The van der Waals surface area contributed by atoms with Crippen LogP contribution in [0.3, 0.4) is 0 Å². The van der Waals surface area contributed by atoms with Gasteiger partial charge in [0.25, 0.3) is 0 Å². The summed E-state index contributed by atoms with van der Waals surface area (Å²) in [5, 5.41) is 5.96. The molecule has 2 amide bonds. The van der Waals surface area contributed by atoms with Crippen molar-refractivity contribution in [1.29, 1.82) is 0 Å². The van der Waals surface area contributed by atoms with Crippen molar-refractivity contribution in [2.24, 2.45) is 27.6 Å². The van der Waals surface area contributed by atoms with Gasteiger partial charge in [-0.05, 0) is 72.5 Å². The zero-order valence-electron chi connectivity index (χ0n) is 24.7. The monoisotopic (exact) mass is 520 g/mol. The summed E-state index contributed by atoms with van der Waals surface area (Å²) in [6.45, 7) is 17.1. The second-order valence-electron chi connectivity index (χ2n) is 14.4. The summed E-state index contributed by atoms with van der Waals surface area (Å²) in [7, 11) is 0. The Balaban J connectivity index is 1.87. The summed E-state index contributed by atoms with van der Waals surface area (Å²) < 4.78 is 5.37. The molecule has 7 nitrogen and oxygen atoms in total. The minimum atomic E-state index is -0.539. The average Bonchev–Trinajstić information content (AvgIpc) is 2.72. The van der Waals surface area contributed by atoms with Gasteiger partial charge in [-0.1, -0.05) is 48.5 Å². The van der Waals surface area contributed by atoms with Crippen LogP contribution in [-0.4, -0.2) is 42.8 Å². The molecule has 2 fully saturated rings. The highest BCUT2D eigenvalue weighted by Gasteiger charge is 2.43. The molecule has 0 spiro atoms. The molecule has 0 aliphatic heterocycles. The Morgan fingerprint density at radius 3 is 2.08 bits per heavy atom. The van der Waals surface area contributed by atoms with E-state index in [-0.39, 0.29) is 57.7 Å². The topological polar surface area (TPSA) is 102 Å². The van der Waals surface area contributed by atoms with Crippen molar-refractivity contribution in [2.75, 3.05) is 13.2 Å². The van der Waals surface area contributed by atoms with Crippen molar-refractivity contribution in [1.82, 2.24) is 10.6 Å². The Morgan fingerprint density at radius 1 is 0.838 bits per heavy atom. The number of ketones is 2. The van der Waals surface area contributed by atoms with E-state index in [1.165, 1.54) is 6.92 Å². The van der Waals surface area contributed by atoms with E-state index in [1.54, 1.807) is 0 Å². The predicted octanol–water partition coefficient (Wildman–Crippen LogP) is 5.98. The fourth-order valence-electron chi connectivity index (χ4n) is 7.75. The highest BCUT2D eigenvalue weighted by atomic mass is 16.6. The number of ether oxygens (including phenoxy) is 1. The standard InChI is InChI=1S/C30H52N2O5/c1-9-24(34)10-11-29(7)16-23(15-28(5,6)18-29)32-26(36)37-17-25(35)12-22-13-27(3,4)19-30(8,14-22)20-31-21(2)33/h22-23H,9-20H2,1-8H3,(H,31,33)(H,32,36). The predicted molar refractivity (Wildman–Crippen MR) is 146 cm³/mol. The third kappa shape index (κ3) is 10.8. The highest BCUT2D eigenvalue weighted by Crippen LogP contribution is 2.50. The van der Waals surface area contributed by atoms with Crippen LogP contribution in [0.4, 0.5) is 4.79 Å². The van der Waals surface area contributed by atoms with E-state index in [2.05, 4.69) is 52.2 Å². The number of alkyl carbamates (subject to hydrolysis) is 1. The normalized spacial score (nSPS) is 30.7. The van der Waals surface area contributed by atoms with Crippen molar-refractivity contribution in [3.8, 4) is 0 Å². The Kier molecular flexibility index (Phi) is 10.4. The zero-order chi connectivity index (χ0) is 28.1. The lowest BCUT2D eigenvalue weighted by Gasteiger charge is -2.47. The molecular weight excluding hydrogens is 468 g/mol. The van der Waals surface area contributed by atoms with E-state index in [9.17, 15) is 19.2 Å². The zero-order valence-corrected chi connectivity index (χ0v) is 24.7. The first-order valence-electron chi connectivity index (χ1n) is 14.1. The van der Waals surface area contributed by atoms with Crippen molar-refractivity contribution in [3.05, 3.63) is 0 Å². The van der Waals surface area contributed by atoms with Gasteiger partial charge in [0.2, 0.25) is 5.91 Å². The second kappa shape index (κ2) is 12.3. The van der Waals surface area contributed by atoms with Crippen LogP contribution in [-0.2, 0) is 19.1 Å². The molecule has 212 valence electrons. The molecule has 0 saturated heterocycles. The molecular formula is C30H52N2O5. The fourth-order valence-corrected chi connectivity index (χ4v) is 7.75. The van der Waals surface area contributed by atoms with Crippen LogP contribution < -0.4 is 10.6 Å². The number of hydrogen-bond donors (Lipinski definition) is 2. The van der Waals surface area contributed by atoms with Crippen molar-refractivity contribution in [3.63, 3.8) is 0 Å². The molecule has 0 aromatic heterocycles. The first kappa shape index (κ1) is 31.3. The lowest BCUT2D eigenvalue weighted by Crippen LogP contribution is -2.47. The van der Waals surface area contributed by atoms with Gasteiger partial charge in [0, 0.05) is 38.8 Å². The molecule has 2 aliphatic rings. The summed E-state index contributed by atoms with van der Waals surface area (Å²) in [6, 6.07) is -0.0401. The van der Waals surface area contributed by atoms with Crippen LogP contribution in [0.15, 0.2) is 0 Å². The molecule has 4 unspecified atom stereocenters. The van der Waals surface area contributed by atoms with Crippen LogP contribution in [0.2, 0.25) is 0 Å². The SMILES string of the molecule is CCC(=O)CCC1(C)CC(NC(=O)OCC(=O)CC2CC(C)(C)CC(C)(CNC(C)=O)C2)CC(C)(C)C1. The molecule has 0 radical (unpaired) electrons. The van der Waals surface area contributed by atoms with E-state index < -0.39 is 6.09 Å². The maximum atomic E-state index is 12.8. The summed E-state index contributed by atoms with van der Waals surface area (Å²) in [5.41, 5.74) is 0.0569. The van der Waals surface area contributed by atoms with E-state index in [1.807, 2.05) is 6.92 Å². The van der Waals surface area contributed by atoms with Crippen molar-refractivity contribution < 1.29 is 23.9 Å². The maximum Gasteiger partial charge on any atom is 0.407 e. The van der Waals surface area contributed by atoms with Gasteiger partial charge in [0.15, 0.2) is 12.4 Å². The minimum absolute atomic E-state index is 0.0158. The Bertz CT molecular complexity index is 851. The smallest absolute Gasteiger partial charge is 0.407 e. The molecule has 0 aromatic carbocycles. The molecule has 7 heteroatoms. The van der Waals surface area contributed by atoms with Crippen LogP contribution in [0.1, 0.15) is 120 Å². The molecule has 4 atom stereocenters. The summed E-state index contributed by atoms with van der Waals surface area (Å²) in [5.74, 6) is 0.385. The van der Waals surface area contributed by atoms with Gasteiger partial charge in [-0.3, -0.25) is 14.4 Å². The van der Waals surface area contributed by atoms with Crippen LogP contribution in [0.25, 0.3) is 0 Å². The Hall–Kier alpha value is -1.92. The number of hydrogen-bond acceptors (Lipinski definition) is 5. The first-order chi connectivity index (χ1) is 16.9. The van der Waals surface area contributed by atoms with E-state index in [0.29, 0.717) is 25.8 Å². The van der Waals surface area contributed by atoms with Gasteiger partial charge in [-0.25, -0.2) is 4.79 Å². The Morgan fingerprint density at radius 2 is 1.46 bits per heavy atom. The number of rotatable bonds is 11. The molecule has 2 N–H and O–H groups in total. The summed E-state index contributed by atoms with van der Waals surface area (Å²) in [4.78, 5) is 48.7. The average molecular weight is 521 g/mol. The van der Waals surface area contributed by atoms with Gasteiger partial charge in [0.1, 0.15) is 5.78 Å². The first-order valence-corrected chi connectivity index (χ1v) is 14.1. The van der Waals surface area contributed by atoms with E-state index in [0.717, 1.165) is 44.9 Å². The van der Waals surface area contributed by atoms with Crippen LogP contribution in [0, 0.1) is 27.6 Å². The van der Waals surface area contributed by atoms with Crippen LogP contribution in [0.5, 0.6) is 0 Å². The van der Waals surface area contributed by atoms with E-state index >= 15 is 0 Å². The van der Waals surface area contributed by atoms with Gasteiger partial charge in [-0.15, -0.1) is 0 Å². The third-order valence-corrected chi connectivity index (χ3v) is 8.34. The molecule has 0 bridgehead atoms. The molecule has 2 saturated carbocycles. The number of Topliss-reactive ketones (excluding diaryl/α,β-unsaturated/α-hetero) is 2. The number of amides is 2. The molecule has 37 heavy (non-hydrogen) atoms. The fraction of sp³-hybridized carbons (Fsp3) is 0.867. The van der Waals surface area contributed by atoms with Crippen LogP contribution >= 0.6 is 0 Å². The lowest BCUT2D eigenvalue weighted by molar-refractivity contribution is -0.124. The summed E-state index contributed by atoms with van der Waals surface area (Å²) >= 11 is 0. The second-order valence-corrected chi connectivity index (χ2v) is 14.4. The van der Waals surface area contributed by atoms with Gasteiger partial charge in [-0.2, -0.15) is 0 Å². The van der Waals surface area contributed by atoms with Crippen molar-refractivity contribution >= 4 is 23.6 Å². The quantitative estimate of drug-likeness (QED) is 0.349. The summed E-state index contributed by atoms with van der Waals surface area (Å²) in [6.07, 6.45) is 7.28. The number of carbonyl (C=O) groups excluding carboxylic acids is 4. The van der Waals surface area contributed by atoms with Gasteiger partial charge in [0.05, 0.1) is 0 Å².